The van der Waals surface area contributed by atoms with Crippen molar-refractivity contribution in [2.45, 2.75) is 13.0 Å². The molecule has 1 atom stereocenters. The van der Waals surface area contributed by atoms with Gasteiger partial charge in [0, 0.05) is 17.3 Å². The number of anilines is 1. The number of rotatable bonds is 4. The SMILES string of the molecule is CNC(C)c1cccc(NC(=O)c2cccc(O)c2)c1. The normalized spacial score (nSPS) is 11.9. The van der Waals surface area contributed by atoms with Gasteiger partial charge < -0.3 is 15.7 Å². The van der Waals surface area contributed by atoms with E-state index in [0.717, 1.165) is 11.3 Å². The monoisotopic (exact) mass is 270 g/mol. The number of benzene rings is 2. The smallest absolute Gasteiger partial charge is 0.255 e. The minimum Gasteiger partial charge on any atom is -0.508 e. The van der Waals surface area contributed by atoms with E-state index in [9.17, 15) is 9.90 Å². The number of phenols is 1. The summed E-state index contributed by atoms with van der Waals surface area (Å²) in [5, 5.41) is 15.4. The maximum atomic E-state index is 12.1. The average Bonchev–Trinajstić information content (AvgIpc) is 2.46. The third kappa shape index (κ3) is 3.36. The molecule has 0 heterocycles. The van der Waals surface area contributed by atoms with Crippen LogP contribution in [0.5, 0.6) is 5.75 Å². The van der Waals surface area contributed by atoms with Crippen LogP contribution in [0, 0.1) is 0 Å². The molecular formula is C16H18N2O2. The Morgan fingerprint density at radius 3 is 2.60 bits per heavy atom. The first-order valence-corrected chi connectivity index (χ1v) is 6.48. The highest BCUT2D eigenvalue weighted by atomic mass is 16.3. The van der Waals surface area contributed by atoms with Gasteiger partial charge >= 0.3 is 0 Å². The Morgan fingerprint density at radius 1 is 1.15 bits per heavy atom. The van der Waals surface area contributed by atoms with Gasteiger partial charge in [-0.05, 0) is 49.9 Å². The summed E-state index contributed by atoms with van der Waals surface area (Å²) in [5.74, 6) is -0.162. The Kier molecular flexibility index (Phi) is 4.38. The molecule has 0 aliphatic heterocycles. The summed E-state index contributed by atoms with van der Waals surface area (Å²) in [4.78, 5) is 12.1. The highest BCUT2D eigenvalue weighted by Gasteiger charge is 2.08. The van der Waals surface area contributed by atoms with Gasteiger partial charge in [-0.15, -0.1) is 0 Å². The van der Waals surface area contributed by atoms with Crippen molar-refractivity contribution in [2.75, 3.05) is 12.4 Å². The predicted octanol–water partition coefficient (Wildman–Crippen LogP) is 2.92. The summed E-state index contributed by atoms with van der Waals surface area (Å²) in [6.45, 7) is 2.05. The molecule has 0 fully saturated rings. The van der Waals surface area contributed by atoms with Crippen molar-refractivity contribution >= 4 is 11.6 Å². The van der Waals surface area contributed by atoms with Crippen molar-refractivity contribution < 1.29 is 9.90 Å². The fourth-order valence-electron chi connectivity index (χ4n) is 1.90. The van der Waals surface area contributed by atoms with E-state index in [-0.39, 0.29) is 17.7 Å². The van der Waals surface area contributed by atoms with Gasteiger partial charge in [0.1, 0.15) is 5.75 Å². The number of aromatic hydroxyl groups is 1. The third-order valence-electron chi connectivity index (χ3n) is 3.19. The molecule has 0 saturated carbocycles. The van der Waals surface area contributed by atoms with E-state index < -0.39 is 0 Å². The Bertz CT molecular complexity index is 611. The first-order valence-electron chi connectivity index (χ1n) is 6.48. The second kappa shape index (κ2) is 6.21. The van der Waals surface area contributed by atoms with E-state index in [4.69, 9.17) is 0 Å². The summed E-state index contributed by atoms with van der Waals surface area (Å²) in [6, 6.07) is 14.2. The highest BCUT2D eigenvalue weighted by Crippen LogP contribution is 2.18. The molecule has 0 radical (unpaired) electrons. The first-order chi connectivity index (χ1) is 9.60. The van der Waals surface area contributed by atoms with Crippen molar-refractivity contribution in [1.82, 2.24) is 5.32 Å². The molecule has 4 nitrogen and oxygen atoms in total. The quantitative estimate of drug-likeness (QED) is 0.800. The molecular weight excluding hydrogens is 252 g/mol. The lowest BCUT2D eigenvalue weighted by Crippen LogP contribution is -2.14. The molecule has 3 N–H and O–H groups in total. The molecule has 0 aliphatic carbocycles. The largest absolute Gasteiger partial charge is 0.508 e. The number of hydrogen-bond acceptors (Lipinski definition) is 3. The number of amides is 1. The van der Waals surface area contributed by atoms with Gasteiger partial charge in [0.2, 0.25) is 0 Å². The van der Waals surface area contributed by atoms with Crippen molar-refractivity contribution in [3.63, 3.8) is 0 Å². The van der Waals surface area contributed by atoms with Gasteiger partial charge in [-0.25, -0.2) is 0 Å². The number of nitrogens with one attached hydrogen (secondary N) is 2. The summed E-state index contributed by atoms with van der Waals surface area (Å²) in [6.07, 6.45) is 0. The molecule has 1 amide bonds. The zero-order valence-corrected chi connectivity index (χ0v) is 11.6. The lowest BCUT2D eigenvalue weighted by molar-refractivity contribution is 0.102. The molecule has 20 heavy (non-hydrogen) atoms. The van der Waals surface area contributed by atoms with Crippen LogP contribution in [0.4, 0.5) is 5.69 Å². The highest BCUT2D eigenvalue weighted by molar-refractivity contribution is 6.04. The van der Waals surface area contributed by atoms with Gasteiger partial charge in [-0.1, -0.05) is 18.2 Å². The summed E-state index contributed by atoms with van der Waals surface area (Å²) >= 11 is 0. The van der Waals surface area contributed by atoms with Crippen molar-refractivity contribution in [2.24, 2.45) is 0 Å². The number of carbonyl (C=O) groups is 1. The molecule has 2 rings (SSSR count). The van der Waals surface area contributed by atoms with Crippen LogP contribution in [-0.4, -0.2) is 18.1 Å². The van der Waals surface area contributed by atoms with Crippen LogP contribution in [0.2, 0.25) is 0 Å². The second-order valence-corrected chi connectivity index (χ2v) is 4.64. The van der Waals surface area contributed by atoms with Crippen LogP contribution in [0.25, 0.3) is 0 Å². The lowest BCUT2D eigenvalue weighted by atomic mass is 10.1. The fraction of sp³-hybridized carbons (Fsp3) is 0.188. The first kappa shape index (κ1) is 14.1. The van der Waals surface area contributed by atoms with Crippen LogP contribution < -0.4 is 10.6 Å². The minimum atomic E-state index is -0.241. The second-order valence-electron chi connectivity index (χ2n) is 4.64. The van der Waals surface area contributed by atoms with E-state index in [2.05, 4.69) is 17.6 Å². The van der Waals surface area contributed by atoms with Crippen LogP contribution in [0.15, 0.2) is 48.5 Å². The maximum Gasteiger partial charge on any atom is 0.255 e. The number of carbonyl (C=O) groups excluding carboxylic acids is 1. The van der Waals surface area contributed by atoms with Gasteiger partial charge in [0.15, 0.2) is 0 Å². The van der Waals surface area contributed by atoms with E-state index in [0.29, 0.717) is 5.56 Å². The molecule has 104 valence electrons. The molecule has 0 aliphatic rings. The van der Waals surface area contributed by atoms with Crippen LogP contribution in [-0.2, 0) is 0 Å². The molecule has 0 spiro atoms. The average molecular weight is 270 g/mol. The topological polar surface area (TPSA) is 61.4 Å². The molecule has 1 unspecified atom stereocenters. The zero-order chi connectivity index (χ0) is 14.5. The Morgan fingerprint density at radius 2 is 1.90 bits per heavy atom. The van der Waals surface area contributed by atoms with Crippen LogP contribution in [0.1, 0.15) is 28.9 Å². The molecule has 0 saturated heterocycles. The van der Waals surface area contributed by atoms with Gasteiger partial charge in [0.05, 0.1) is 0 Å². The Balaban J connectivity index is 2.16. The summed E-state index contributed by atoms with van der Waals surface area (Å²) < 4.78 is 0. The van der Waals surface area contributed by atoms with E-state index in [1.165, 1.54) is 12.1 Å². The molecule has 0 aromatic heterocycles. The maximum absolute atomic E-state index is 12.1. The molecule has 4 heteroatoms. The Hall–Kier alpha value is -2.33. The van der Waals surface area contributed by atoms with Crippen LogP contribution >= 0.6 is 0 Å². The van der Waals surface area contributed by atoms with Crippen molar-refractivity contribution in [3.8, 4) is 5.75 Å². The summed E-state index contributed by atoms with van der Waals surface area (Å²) in [5.41, 5.74) is 2.26. The minimum absolute atomic E-state index is 0.0789. The van der Waals surface area contributed by atoms with E-state index in [1.807, 2.05) is 31.3 Å². The third-order valence-corrected chi connectivity index (χ3v) is 3.19. The van der Waals surface area contributed by atoms with E-state index >= 15 is 0 Å². The number of hydrogen-bond donors (Lipinski definition) is 3. The van der Waals surface area contributed by atoms with E-state index in [1.54, 1.807) is 12.1 Å². The zero-order valence-electron chi connectivity index (χ0n) is 11.6. The molecule has 2 aromatic carbocycles. The van der Waals surface area contributed by atoms with Crippen molar-refractivity contribution in [1.29, 1.82) is 0 Å². The molecule has 0 bridgehead atoms. The van der Waals surface area contributed by atoms with Gasteiger partial charge in [0.25, 0.3) is 5.91 Å². The predicted molar refractivity (Wildman–Crippen MR) is 80.0 cm³/mol. The van der Waals surface area contributed by atoms with Crippen molar-refractivity contribution in [3.05, 3.63) is 59.7 Å². The fourth-order valence-corrected chi connectivity index (χ4v) is 1.90. The molecule has 2 aromatic rings. The standard InChI is InChI=1S/C16H18N2O2/c1-11(17-2)12-5-3-7-14(9-12)18-16(20)13-6-4-8-15(19)10-13/h3-11,17,19H,1-2H3,(H,18,20). The summed E-state index contributed by atoms with van der Waals surface area (Å²) in [7, 11) is 1.89. The van der Waals surface area contributed by atoms with Gasteiger partial charge in [-0.2, -0.15) is 0 Å². The van der Waals surface area contributed by atoms with Crippen LogP contribution in [0.3, 0.4) is 0 Å². The Labute approximate surface area is 118 Å². The van der Waals surface area contributed by atoms with Gasteiger partial charge in [-0.3, -0.25) is 4.79 Å². The lowest BCUT2D eigenvalue weighted by Gasteiger charge is -2.12. The number of phenolic OH excluding ortho intramolecular Hbond substituents is 1.